The molecule has 1 heterocycles. The number of benzene rings is 1. The minimum absolute atomic E-state index is 0.0358. The zero-order chi connectivity index (χ0) is 17.2. The van der Waals surface area contributed by atoms with E-state index in [1.807, 2.05) is 11.8 Å². The van der Waals surface area contributed by atoms with Gasteiger partial charge >= 0.3 is 0 Å². The highest BCUT2D eigenvalue weighted by Crippen LogP contribution is 2.36. The molecule has 1 aromatic carbocycles. The Labute approximate surface area is 156 Å². The maximum Gasteiger partial charge on any atom is 0.252 e. The molecule has 7 heteroatoms. The van der Waals surface area contributed by atoms with Gasteiger partial charge in [0.2, 0.25) is 0 Å². The molecule has 1 aliphatic heterocycles. The van der Waals surface area contributed by atoms with E-state index in [1.165, 1.54) is 18.9 Å². The van der Waals surface area contributed by atoms with Crippen molar-refractivity contribution in [3.63, 3.8) is 0 Å². The summed E-state index contributed by atoms with van der Waals surface area (Å²) in [6.45, 7) is 2.71. The molecule has 2 fully saturated rings. The molecule has 1 N–H and O–H groups in total. The van der Waals surface area contributed by atoms with Crippen LogP contribution in [0.4, 0.5) is 4.39 Å². The number of hydrogen-bond acceptors (Lipinski definition) is 3. The molecule has 0 radical (unpaired) electrons. The first-order valence-corrected chi connectivity index (χ1v) is 10.2. The molecule has 0 aromatic heterocycles. The first-order chi connectivity index (χ1) is 11.5. The highest BCUT2D eigenvalue weighted by molar-refractivity contribution is 7.99. The zero-order valence-electron chi connectivity index (χ0n) is 13.4. The van der Waals surface area contributed by atoms with Crippen LogP contribution in [0.15, 0.2) is 12.1 Å². The average Bonchev–Trinajstić information content (AvgIpc) is 3.07. The van der Waals surface area contributed by atoms with Gasteiger partial charge in [-0.3, -0.25) is 9.69 Å². The zero-order valence-corrected chi connectivity index (χ0v) is 15.7. The number of carbonyl (C=O) groups is 1. The van der Waals surface area contributed by atoms with Gasteiger partial charge in [0, 0.05) is 36.7 Å². The molecule has 1 amide bonds. The molecule has 1 saturated heterocycles. The number of nitrogens with zero attached hydrogens (tertiary/aromatic N) is 1. The predicted molar refractivity (Wildman–Crippen MR) is 98.9 cm³/mol. The highest BCUT2D eigenvalue weighted by atomic mass is 35.5. The van der Waals surface area contributed by atoms with Gasteiger partial charge in [0.1, 0.15) is 5.82 Å². The summed E-state index contributed by atoms with van der Waals surface area (Å²) in [6, 6.07) is 2.39. The molecular formula is C17H21Cl2FN2OS. The SMILES string of the molecule is O=C(NCC1(N2CCSCC2)CCCC1)c1cc(F)c(Cl)cc1Cl. The van der Waals surface area contributed by atoms with Gasteiger partial charge in [0.15, 0.2) is 0 Å². The molecular weight excluding hydrogens is 370 g/mol. The van der Waals surface area contributed by atoms with E-state index < -0.39 is 5.82 Å². The summed E-state index contributed by atoms with van der Waals surface area (Å²) in [7, 11) is 0. The fraction of sp³-hybridized carbons (Fsp3) is 0.588. The first-order valence-electron chi connectivity index (χ1n) is 8.27. The van der Waals surface area contributed by atoms with Crippen molar-refractivity contribution in [2.45, 2.75) is 31.2 Å². The second-order valence-electron chi connectivity index (χ2n) is 6.46. The van der Waals surface area contributed by atoms with Crippen LogP contribution >= 0.6 is 35.0 Å². The van der Waals surface area contributed by atoms with E-state index in [1.54, 1.807) is 0 Å². The summed E-state index contributed by atoms with van der Waals surface area (Å²) in [6.07, 6.45) is 4.58. The lowest BCUT2D eigenvalue weighted by molar-refractivity contribution is 0.0817. The molecule has 1 saturated carbocycles. The molecule has 0 atom stereocenters. The van der Waals surface area contributed by atoms with Gasteiger partial charge in [0.25, 0.3) is 5.91 Å². The Morgan fingerprint density at radius 2 is 1.88 bits per heavy atom. The van der Waals surface area contributed by atoms with Crippen molar-refractivity contribution in [2.24, 2.45) is 0 Å². The Balaban J connectivity index is 1.71. The van der Waals surface area contributed by atoms with Crippen molar-refractivity contribution in [3.05, 3.63) is 33.6 Å². The van der Waals surface area contributed by atoms with Crippen molar-refractivity contribution < 1.29 is 9.18 Å². The summed E-state index contributed by atoms with van der Waals surface area (Å²) < 4.78 is 13.6. The van der Waals surface area contributed by atoms with Gasteiger partial charge in [-0.15, -0.1) is 0 Å². The fourth-order valence-corrected chi connectivity index (χ4v) is 5.08. The second-order valence-corrected chi connectivity index (χ2v) is 8.50. The average molecular weight is 391 g/mol. The molecule has 132 valence electrons. The molecule has 3 nitrogen and oxygen atoms in total. The van der Waals surface area contributed by atoms with Gasteiger partial charge in [-0.2, -0.15) is 11.8 Å². The second kappa shape index (κ2) is 7.81. The molecule has 24 heavy (non-hydrogen) atoms. The summed E-state index contributed by atoms with van der Waals surface area (Å²) in [4.78, 5) is 15.0. The third-order valence-electron chi connectivity index (χ3n) is 5.05. The molecule has 2 aliphatic rings. The minimum Gasteiger partial charge on any atom is -0.350 e. The van der Waals surface area contributed by atoms with Crippen LogP contribution < -0.4 is 5.32 Å². The number of amides is 1. The lowest BCUT2D eigenvalue weighted by Crippen LogP contribution is -2.56. The van der Waals surface area contributed by atoms with Crippen molar-refractivity contribution in [2.75, 3.05) is 31.1 Å². The van der Waals surface area contributed by atoms with Crippen LogP contribution in [0.1, 0.15) is 36.0 Å². The van der Waals surface area contributed by atoms with Gasteiger partial charge in [-0.05, 0) is 25.0 Å². The van der Waals surface area contributed by atoms with Crippen LogP contribution in [0.5, 0.6) is 0 Å². The van der Waals surface area contributed by atoms with Crippen LogP contribution in [0.25, 0.3) is 0 Å². The Bertz CT molecular complexity index is 617. The van der Waals surface area contributed by atoms with E-state index in [0.717, 1.165) is 43.5 Å². The minimum atomic E-state index is -0.630. The molecule has 0 unspecified atom stereocenters. The Morgan fingerprint density at radius 3 is 2.54 bits per heavy atom. The van der Waals surface area contributed by atoms with E-state index in [9.17, 15) is 9.18 Å². The van der Waals surface area contributed by atoms with Gasteiger partial charge in [-0.1, -0.05) is 36.0 Å². The van der Waals surface area contributed by atoms with E-state index in [4.69, 9.17) is 23.2 Å². The van der Waals surface area contributed by atoms with Crippen molar-refractivity contribution in [1.82, 2.24) is 10.2 Å². The van der Waals surface area contributed by atoms with E-state index in [2.05, 4.69) is 10.2 Å². The predicted octanol–water partition coefficient (Wildman–Crippen LogP) is 4.22. The van der Waals surface area contributed by atoms with Crippen molar-refractivity contribution in [3.8, 4) is 0 Å². The number of halogens is 3. The van der Waals surface area contributed by atoms with Crippen LogP contribution in [0, 0.1) is 5.82 Å². The normalized spacial score (nSPS) is 21.0. The Morgan fingerprint density at radius 1 is 1.21 bits per heavy atom. The molecule has 1 aromatic rings. The van der Waals surface area contributed by atoms with Gasteiger partial charge < -0.3 is 5.32 Å². The fourth-order valence-electron chi connectivity index (χ4n) is 3.71. The third kappa shape index (κ3) is 3.85. The topological polar surface area (TPSA) is 32.3 Å². The van der Waals surface area contributed by atoms with Crippen LogP contribution in [-0.2, 0) is 0 Å². The molecule has 0 spiro atoms. The van der Waals surface area contributed by atoms with Crippen LogP contribution in [0.2, 0.25) is 10.0 Å². The molecule has 1 aliphatic carbocycles. The summed E-state index contributed by atoms with van der Waals surface area (Å²) >= 11 is 13.7. The number of rotatable bonds is 4. The standard InChI is InChI=1S/C17H21Cl2FN2OS/c18-13-10-14(19)15(20)9-12(13)16(23)21-11-17(3-1-2-4-17)22-5-7-24-8-6-22/h9-10H,1-8,11H2,(H,21,23). The Hall–Kier alpha value is -0.490. The smallest absolute Gasteiger partial charge is 0.252 e. The Kier molecular flexibility index (Phi) is 5.96. The monoisotopic (exact) mass is 390 g/mol. The summed E-state index contributed by atoms with van der Waals surface area (Å²) in [5, 5.41) is 3.09. The van der Waals surface area contributed by atoms with Crippen LogP contribution in [-0.4, -0.2) is 47.5 Å². The quantitative estimate of drug-likeness (QED) is 0.780. The van der Waals surface area contributed by atoms with Gasteiger partial charge in [0.05, 0.1) is 15.6 Å². The largest absolute Gasteiger partial charge is 0.350 e. The molecule has 0 bridgehead atoms. The number of carbonyl (C=O) groups excluding carboxylic acids is 1. The maximum atomic E-state index is 13.6. The number of thioether (sulfide) groups is 1. The maximum absolute atomic E-state index is 13.6. The molecule has 3 rings (SSSR count). The summed E-state index contributed by atoms with van der Waals surface area (Å²) in [5.74, 6) is 1.32. The van der Waals surface area contributed by atoms with E-state index >= 15 is 0 Å². The number of nitrogens with one attached hydrogen (secondary N) is 1. The first kappa shape index (κ1) is 18.3. The number of hydrogen-bond donors (Lipinski definition) is 1. The van der Waals surface area contributed by atoms with Crippen molar-refractivity contribution >= 4 is 40.9 Å². The van der Waals surface area contributed by atoms with E-state index in [-0.39, 0.29) is 27.1 Å². The highest BCUT2D eigenvalue weighted by Gasteiger charge is 2.40. The van der Waals surface area contributed by atoms with E-state index in [0.29, 0.717) is 6.54 Å². The van der Waals surface area contributed by atoms with Crippen LogP contribution in [0.3, 0.4) is 0 Å². The third-order valence-corrected chi connectivity index (χ3v) is 6.59. The lowest BCUT2D eigenvalue weighted by Gasteiger charge is -2.43. The van der Waals surface area contributed by atoms with Crippen molar-refractivity contribution in [1.29, 1.82) is 0 Å². The lowest BCUT2D eigenvalue weighted by atomic mass is 9.94. The summed E-state index contributed by atoms with van der Waals surface area (Å²) in [5.41, 5.74) is 0.176. The van der Waals surface area contributed by atoms with Gasteiger partial charge in [-0.25, -0.2) is 4.39 Å².